The summed E-state index contributed by atoms with van der Waals surface area (Å²) < 4.78 is 10.9. The summed E-state index contributed by atoms with van der Waals surface area (Å²) >= 11 is 0. The number of carbonyl (C=O) groups excluding carboxylic acids is 1. The van der Waals surface area contributed by atoms with Gasteiger partial charge in [0, 0.05) is 31.6 Å². The van der Waals surface area contributed by atoms with Crippen LogP contribution in [0.25, 0.3) is 0 Å². The summed E-state index contributed by atoms with van der Waals surface area (Å²) in [7, 11) is 0. The average molecular weight is 424 g/mol. The molecule has 0 saturated carbocycles. The Kier molecular flexibility index (Phi) is 9.04. The van der Waals surface area contributed by atoms with Crippen LogP contribution in [0.3, 0.4) is 0 Å². The summed E-state index contributed by atoms with van der Waals surface area (Å²) in [5.74, 6) is -0.378. The first-order valence-electron chi connectivity index (χ1n) is 10.2. The van der Waals surface area contributed by atoms with E-state index in [1.165, 1.54) is 0 Å². The molecule has 0 bridgehead atoms. The molecule has 1 amide bonds. The summed E-state index contributed by atoms with van der Waals surface area (Å²) in [6, 6.07) is 6.36. The Hall–Kier alpha value is -2.20. The molecule has 5 N–H and O–H groups in total. The second-order valence-corrected chi connectivity index (χ2v) is 8.02. The third kappa shape index (κ3) is 7.56. The van der Waals surface area contributed by atoms with Gasteiger partial charge in [0.05, 0.1) is 13.2 Å². The summed E-state index contributed by atoms with van der Waals surface area (Å²) in [5.41, 5.74) is 6.39. The average Bonchev–Trinajstić information content (AvgIpc) is 2.75. The van der Waals surface area contributed by atoms with E-state index in [1.54, 1.807) is 17.0 Å². The third-order valence-corrected chi connectivity index (χ3v) is 5.15. The monoisotopic (exact) mass is 423 g/mol. The molecule has 9 nitrogen and oxygen atoms in total. The molecule has 1 aliphatic heterocycles. The molecule has 2 unspecified atom stereocenters. The topological polar surface area (TPSA) is 134 Å². The lowest BCUT2D eigenvalue weighted by atomic mass is 9.93. The van der Waals surface area contributed by atoms with E-state index >= 15 is 0 Å². The van der Waals surface area contributed by atoms with Gasteiger partial charge in [-0.1, -0.05) is 12.1 Å². The van der Waals surface area contributed by atoms with Crippen molar-refractivity contribution in [2.75, 3.05) is 39.5 Å². The molecule has 1 saturated heterocycles. The molecule has 1 aliphatic rings. The van der Waals surface area contributed by atoms with E-state index < -0.39 is 23.7 Å². The van der Waals surface area contributed by atoms with Crippen LogP contribution in [0.2, 0.25) is 0 Å². The van der Waals surface area contributed by atoms with Gasteiger partial charge in [0.1, 0.15) is 24.5 Å². The number of benzene rings is 1. The first-order valence-corrected chi connectivity index (χ1v) is 10.2. The van der Waals surface area contributed by atoms with E-state index in [0.717, 1.165) is 5.56 Å². The molecular formula is C21H33N3O6. The van der Waals surface area contributed by atoms with Crippen LogP contribution in [0, 0.1) is 0 Å². The molecule has 30 heavy (non-hydrogen) atoms. The number of ether oxygens (including phenoxy) is 2. The fourth-order valence-electron chi connectivity index (χ4n) is 3.03. The minimum absolute atomic E-state index is 0.0736. The number of nitrogens with one attached hydrogen (secondary N) is 1. The minimum atomic E-state index is -0.833. The Morgan fingerprint density at radius 3 is 2.50 bits per heavy atom. The third-order valence-electron chi connectivity index (χ3n) is 5.15. The predicted octanol–water partition coefficient (Wildman–Crippen LogP) is -0.00220. The molecular weight excluding hydrogens is 390 g/mol. The number of hydrogen-bond donors (Lipinski definition) is 4. The van der Waals surface area contributed by atoms with Gasteiger partial charge in [-0.15, -0.1) is 0 Å². The van der Waals surface area contributed by atoms with Gasteiger partial charge in [0.15, 0.2) is 0 Å². The van der Waals surface area contributed by atoms with Crippen LogP contribution < -0.4 is 15.8 Å². The minimum Gasteiger partial charge on any atom is -0.491 e. The van der Waals surface area contributed by atoms with E-state index in [-0.39, 0.29) is 25.5 Å². The number of hydrogen-bond acceptors (Lipinski definition) is 7. The first-order chi connectivity index (χ1) is 14.2. The first kappa shape index (κ1) is 24.1. The number of aliphatic carboxylic acids is 1. The molecule has 0 aromatic heterocycles. The number of aliphatic hydroxyl groups is 1. The van der Waals surface area contributed by atoms with E-state index in [1.807, 2.05) is 26.0 Å². The smallest absolute Gasteiger partial charge is 0.303 e. The normalized spacial score (nSPS) is 16.7. The van der Waals surface area contributed by atoms with Gasteiger partial charge < -0.3 is 35.6 Å². The zero-order valence-corrected chi connectivity index (χ0v) is 17.7. The number of carboxylic acid groups (broad SMARTS) is 1. The number of aryl methyl sites for hydroxylation is 1. The summed E-state index contributed by atoms with van der Waals surface area (Å²) in [6.07, 6.45) is -0.251. The highest BCUT2D eigenvalue weighted by molar-refractivity contribution is 5.83. The van der Waals surface area contributed by atoms with E-state index in [2.05, 4.69) is 5.32 Å². The van der Waals surface area contributed by atoms with Crippen LogP contribution >= 0.6 is 0 Å². The van der Waals surface area contributed by atoms with E-state index in [4.69, 9.17) is 20.3 Å². The quantitative estimate of drug-likeness (QED) is 0.391. The summed E-state index contributed by atoms with van der Waals surface area (Å²) in [5, 5.41) is 22.1. The highest BCUT2D eigenvalue weighted by Crippen LogP contribution is 2.15. The SMILES string of the molecule is CC(C)(NCC(O)COc1ccc(CCC(=O)O)cc1)C(N)C(=O)N1CCOCC1. The van der Waals surface area contributed by atoms with Crippen LogP contribution in [0.5, 0.6) is 5.75 Å². The number of aliphatic hydroxyl groups excluding tert-OH is 1. The van der Waals surface area contributed by atoms with Crippen molar-refractivity contribution in [2.24, 2.45) is 5.73 Å². The van der Waals surface area contributed by atoms with Crippen LogP contribution in [-0.4, -0.2) is 84.1 Å². The Bertz CT molecular complexity index is 688. The van der Waals surface area contributed by atoms with Crippen LogP contribution in [0.15, 0.2) is 24.3 Å². The maximum atomic E-state index is 12.6. The van der Waals surface area contributed by atoms with Crippen LogP contribution in [0.1, 0.15) is 25.8 Å². The second-order valence-electron chi connectivity index (χ2n) is 8.02. The number of amides is 1. The van der Waals surface area contributed by atoms with Gasteiger partial charge in [-0.25, -0.2) is 0 Å². The van der Waals surface area contributed by atoms with E-state index in [0.29, 0.717) is 38.5 Å². The number of nitrogens with zero attached hydrogens (tertiary/aromatic N) is 1. The lowest BCUT2D eigenvalue weighted by molar-refractivity contribution is -0.138. The molecule has 2 atom stereocenters. The molecule has 168 valence electrons. The Morgan fingerprint density at radius 2 is 1.90 bits per heavy atom. The predicted molar refractivity (Wildman–Crippen MR) is 111 cm³/mol. The number of rotatable bonds is 11. The fourth-order valence-corrected chi connectivity index (χ4v) is 3.03. The maximum Gasteiger partial charge on any atom is 0.303 e. The van der Waals surface area contributed by atoms with Crippen molar-refractivity contribution >= 4 is 11.9 Å². The van der Waals surface area contributed by atoms with Crippen molar-refractivity contribution in [1.82, 2.24) is 10.2 Å². The number of morpholine rings is 1. The van der Waals surface area contributed by atoms with Gasteiger partial charge in [0.2, 0.25) is 5.91 Å². The number of nitrogens with two attached hydrogens (primary N) is 1. The van der Waals surface area contributed by atoms with Crippen molar-refractivity contribution < 1.29 is 29.3 Å². The zero-order valence-electron chi connectivity index (χ0n) is 17.7. The van der Waals surface area contributed by atoms with Gasteiger partial charge in [0.25, 0.3) is 0 Å². The number of β-amino-alcohol motifs (C(OH)–C–C–N with tert-alkyl or cyclic N) is 1. The highest BCUT2D eigenvalue weighted by Gasteiger charge is 2.35. The largest absolute Gasteiger partial charge is 0.491 e. The van der Waals surface area contributed by atoms with Crippen molar-refractivity contribution in [2.45, 2.75) is 44.4 Å². The molecule has 1 aromatic rings. The van der Waals surface area contributed by atoms with Crippen molar-refractivity contribution in [3.63, 3.8) is 0 Å². The molecule has 1 heterocycles. The molecule has 9 heteroatoms. The van der Waals surface area contributed by atoms with Gasteiger partial charge >= 0.3 is 5.97 Å². The summed E-state index contributed by atoms with van der Waals surface area (Å²) in [4.78, 5) is 24.9. The Morgan fingerprint density at radius 1 is 1.27 bits per heavy atom. The Balaban J connectivity index is 1.75. The fraction of sp³-hybridized carbons (Fsp3) is 0.619. The van der Waals surface area contributed by atoms with Gasteiger partial charge in [-0.3, -0.25) is 9.59 Å². The Labute approximate surface area is 177 Å². The molecule has 0 aliphatic carbocycles. The van der Waals surface area contributed by atoms with Gasteiger partial charge in [-0.05, 0) is 38.0 Å². The zero-order chi connectivity index (χ0) is 22.1. The van der Waals surface area contributed by atoms with Crippen LogP contribution in [0.4, 0.5) is 0 Å². The van der Waals surface area contributed by atoms with Crippen molar-refractivity contribution in [3.05, 3.63) is 29.8 Å². The molecule has 0 radical (unpaired) electrons. The highest BCUT2D eigenvalue weighted by atomic mass is 16.5. The van der Waals surface area contributed by atoms with E-state index in [9.17, 15) is 14.7 Å². The molecule has 1 fully saturated rings. The molecule has 2 rings (SSSR count). The lowest BCUT2D eigenvalue weighted by Gasteiger charge is -2.37. The van der Waals surface area contributed by atoms with Crippen LogP contribution in [-0.2, 0) is 20.7 Å². The van der Waals surface area contributed by atoms with Gasteiger partial charge in [-0.2, -0.15) is 0 Å². The second kappa shape index (κ2) is 11.3. The van der Waals surface area contributed by atoms with Crippen molar-refractivity contribution in [1.29, 1.82) is 0 Å². The van der Waals surface area contributed by atoms with Crippen molar-refractivity contribution in [3.8, 4) is 5.75 Å². The maximum absolute atomic E-state index is 12.6. The lowest BCUT2D eigenvalue weighted by Crippen LogP contribution is -2.63. The number of carboxylic acids is 1. The summed E-state index contributed by atoms with van der Waals surface area (Å²) in [6.45, 7) is 6.06. The number of carbonyl (C=O) groups is 2. The molecule has 1 aromatic carbocycles. The molecule has 0 spiro atoms. The standard InChI is InChI=1S/C21H33N3O6/c1-21(2,19(22)20(28)24-9-11-29-12-10-24)23-13-16(25)14-30-17-6-3-15(4-7-17)5-8-18(26)27/h3-4,6-7,16,19,23,25H,5,8-14,22H2,1-2H3,(H,26,27).